The smallest absolute Gasteiger partial charge is 0.145 e. The summed E-state index contributed by atoms with van der Waals surface area (Å²) < 4.78 is 7.31. The number of benzene rings is 2. The predicted molar refractivity (Wildman–Crippen MR) is 86.0 cm³/mol. The number of nitrogens with zero attached hydrogens (tertiary/aromatic N) is 4. The molecular weight excluding hydrogens is 316 g/mol. The lowest BCUT2D eigenvalue weighted by molar-refractivity contribution is 0.304. The van der Waals surface area contributed by atoms with Crippen molar-refractivity contribution in [2.45, 2.75) is 6.61 Å². The fourth-order valence-electron chi connectivity index (χ4n) is 2.05. The SMILES string of the molecule is N=C(N)c1ccc(OCc2cccc(Cl)c2)c(-n2cnnn2)c1. The number of amidine groups is 1. The third-order valence-corrected chi connectivity index (χ3v) is 3.38. The molecule has 1 aromatic heterocycles. The van der Waals surface area contributed by atoms with E-state index in [9.17, 15) is 0 Å². The van der Waals surface area contributed by atoms with E-state index in [1.165, 1.54) is 11.0 Å². The molecule has 3 N–H and O–H groups in total. The highest BCUT2D eigenvalue weighted by molar-refractivity contribution is 6.30. The van der Waals surface area contributed by atoms with Crippen molar-refractivity contribution in [1.29, 1.82) is 5.41 Å². The van der Waals surface area contributed by atoms with Crippen LogP contribution in [0.5, 0.6) is 5.75 Å². The molecule has 8 heteroatoms. The molecule has 0 aliphatic carbocycles. The van der Waals surface area contributed by atoms with Crippen LogP contribution < -0.4 is 10.5 Å². The highest BCUT2D eigenvalue weighted by atomic mass is 35.5. The van der Waals surface area contributed by atoms with Gasteiger partial charge in [0.1, 0.15) is 30.2 Å². The van der Waals surface area contributed by atoms with Crippen LogP contribution in [-0.4, -0.2) is 26.0 Å². The molecule has 0 saturated heterocycles. The van der Waals surface area contributed by atoms with E-state index >= 15 is 0 Å². The fraction of sp³-hybridized carbons (Fsp3) is 0.0667. The first-order chi connectivity index (χ1) is 11.1. The Balaban J connectivity index is 1.90. The van der Waals surface area contributed by atoms with Crippen LogP contribution in [-0.2, 0) is 6.61 Å². The monoisotopic (exact) mass is 328 g/mol. The van der Waals surface area contributed by atoms with E-state index in [2.05, 4.69) is 15.5 Å². The van der Waals surface area contributed by atoms with Crippen LogP contribution in [0, 0.1) is 5.41 Å². The fourth-order valence-corrected chi connectivity index (χ4v) is 2.26. The summed E-state index contributed by atoms with van der Waals surface area (Å²) in [7, 11) is 0. The number of tetrazole rings is 1. The zero-order valence-electron chi connectivity index (χ0n) is 12.0. The topological polar surface area (TPSA) is 103 Å². The molecule has 3 rings (SSSR count). The molecule has 0 bridgehead atoms. The van der Waals surface area contributed by atoms with Crippen LogP contribution in [0.1, 0.15) is 11.1 Å². The molecule has 0 fully saturated rings. The number of ether oxygens (including phenoxy) is 1. The second kappa shape index (κ2) is 6.45. The molecule has 0 atom stereocenters. The van der Waals surface area contributed by atoms with Gasteiger partial charge in [-0.05, 0) is 46.3 Å². The van der Waals surface area contributed by atoms with Crippen LogP contribution in [0.3, 0.4) is 0 Å². The second-order valence-electron chi connectivity index (χ2n) is 4.77. The lowest BCUT2D eigenvalue weighted by atomic mass is 10.1. The largest absolute Gasteiger partial charge is 0.487 e. The number of hydrogen-bond acceptors (Lipinski definition) is 5. The highest BCUT2D eigenvalue weighted by Crippen LogP contribution is 2.24. The number of rotatable bonds is 5. The van der Waals surface area contributed by atoms with Gasteiger partial charge in [-0.25, -0.2) is 0 Å². The summed E-state index contributed by atoms with van der Waals surface area (Å²) in [5.41, 5.74) is 7.64. The molecule has 23 heavy (non-hydrogen) atoms. The van der Waals surface area contributed by atoms with Crippen LogP contribution in [0.4, 0.5) is 0 Å². The Morgan fingerprint density at radius 2 is 2.13 bits per heavy atom. The molecule has 0 amide bonds. The van der Waals surface area contributed by atoms with Gasteiger partial charge < -0.3 is 10.5 Å². The molecule has 0 radical (unpaired) electrons. The van der Waals surface area contributed by atoms with Crippen molar-refractivity contribution in [1.82, 2.24) is 20.2 Å². The molecular formula is C15H13ClN6O. The Hall–Kier alpha value is -2.93. The Labute approximate surface area is 137 Å². The minimum absolute atomic E-state index is 0.0410. The van der Waals surface area contributed by atoms with Crippen molar-refractivity contribution in [3.63, 3.8) is 0 Å². The molecule has 0 aliphatic heterocycles. The molecule has 0 spiro atoms. The highest BCUT2D eigenvalue weighted by Gasteiger charge is 2.10. The Morgan fingerprint density at radius 3 is 2.83 bits per heavy atom. The zero-order valence-corrected chi connectivity index (χ0v) is 12.7. The van der Waals surface area contributed by atoms with Gasteiger partial charge in [0, 0.05) is 10.6 Å². The average Bonchev–Trinajstić information content (AvgIpc) is 3.07. The molecule has 1 heterocycles. The summed E-state index contributed by atoms with van der Waals surface area (Å²) >= 11 is 5.97. The molecule has 2 aromatic carbocycles. The van der Waals surface area contributed by atoms with Crippen molar-refractivity contribution in [2.75, 3.05) is 0 Å². The Bertz CT molecular complexity index is 834. The van der Waals surface area contributed by atoms with E-state index in [1.54, 1.807) is 24.3 Å². The molecule has 116 valence electrons. The maximum atomic E-state index is 7.55. The van der Waals surface area contributed by atoms with E-state index in [0.29, 0.717) is 28.6 Å². The van der Waals surface area contributed by atoms with E-state index < -0.39 is 0 Å². The summed E-state index contributed by atoms with van der Waals surface area (Å²) in [6.07, 6.45) is 1.45. The van der Waals surface area contributed by atoms with Gasteiger partial charge in [-0.15, -0.1) is 5.10 Å². The van der Waals surface area contributed by atoms with Crippen molar-refractivity contribution < 1.29 is 4.74 Å². The summed E-state index contributed by atoms with van der Waals surface area (Å²) in [5, 5.41) is 19.3. The van der Waals surface area contributed by atoms with Crippen molar-refractivity contribution >= 4 is 17.4 Å². The number of halogens is 1. The lowest BCUT2D eigenvalue weighted by Gasteiger charge is -2.12. The maximum Gasteiger partial charge on any atom is 0.145 e. The first kappa shape index (κ1) is 15.0. The van der Waals surface area contributed by atoms with Crippen molar-refractivity contribution in [3.05, 3.63) is 64.9 Å². The first-order valence-corrected chi connectivity index (χ1v) is 7.10. The summed E-state index contributed by atoms with van der Waals surface area (Å²) in [6.45, 7) is 0.342. The minimum atomic E-state index is -0.0410. The molecule has 0 unspecified atom stereocenters. The normalized spacial score (nSPS) is 10.5. The Kier molecular flexibility index (Phi) is 4.20. The van der Waals surface area contributed by atoms with Gasteiger partial charge in [-0.3, -0.25) is 5.41 Å². The maximum absolute atomic E-state index is 7.55. The van der Waals surface area contributed by atoms with Crippen LogP contribution in [0.2, 0.25) is 5.02 Å². The van der Waals surface area contributed by atoms with Gasteiger partial charge in [0.2, 0.25) is 0 Å². The third kappa shape index (κ3) is 3.46. The van der Waals surface area contributed by atoms with Crippen LogP contribution >= 0.6 is 11.6 Å². The second-order valence-corrected chi connectivity index (χ2v) is 5.21. The van der Waals surface area contributed by atoms with E-state index in [-0.39, 0.29) is 5.84 Å². The summed E-state index contributed by atoms with van der Waals surface area (Å²) in [6, 6.07) is 12.6. The quantitative estimate of drug-likeness (QED) is 0.552. The van der Waals surface area contributed by atoms with Crippen LogP contribution in [0.25, 0.3) is 5.69 Å². The van der Waals surface area contributed by atoms with Gasteiger partial charge in [0.05, 0.1) is 0 Å². The van der Waals surface area contributed by atoms with E-state index in [1.807, 2.05) is 18.2 Å². The molecule has 3 aromatic rings. The van der Waals surface area contributed by atoms with Gasteiger partial charge in [0.25, 0.3) is 0 Å². The third-order valence-electron chi connectivity index (χ3n) is 3.15. The predicted octanol–water partition coefficient (Wildman–Crippen LogP) is 2.18. The van der Waals surface area contributed by atoms with Crippen molar-refractivity contribution in [2.24, 2.45) is 5.73 Å². The van der Waals surface area contributed by atoms with Crippen LogP contribution in [0.15, 0.2) is 48.8 Å². The molecule has 7 nitrogen and oxygen atoms in total. The van der Waals surface area contributed by atoms with Crippen molar-refractivity contribution in [3.8, 4) is 11.4 Å². The number of nitrogens with two attached hydrogens (primary N) is 1. The number of aromatic nitrogens is 4. The summed E-state index contributed by atoms with van der Waals surface area (Å²) in [5.74, 6) is 0.531. The number of nitrogen functional groups attached to an aromatic ring is 1. The average molecular weight is 329 g/mol. The standard InChI is InChI=1S/C15H13ClN6O/c16-12-3-1-2-10(6-12)8-23-14-5-4-11(15(17)18)7-13(14)22-9-19-20-21-22/h1-7,9H,8H2,(H3,17,18). The zero-order chi connectivity index (χ0) is 16.2. The minimum Gasteiger partial charge on any atom is -0.487 e. The van der Waals surface area contributed by atoms with Gasteiger partial charge in [-0.1, -0.05) is 23.7 Å². The molecule has 0 aliphatic rings. The van der Waals surface area contributed by atoms with E-state index in [0.717, 1.165) is 5.56 Å². The van der Waals surface area contributed by atoms with E-state index in [4.69, 9.17) is 27.5 Å². The number of nitrogens with one attached hydrogen (secondary N) is 1. The van der Waals surface area contributed by atoms with Gasteiger partial charge >= 0.3 is 0 Å². The van der Waals surface area contributed by atoms with Gasteiger partial charge in [-0.2, -0.15) is 4.68 Å². The Morgan fingerprint density at radius 1 is 1.26 bits per heavy atom. The first-order valence-electron chi connectivity index (χ1n) is 6.72. The lowest BCUT2D eigenvalue weighted by Crippen LogP contribution is -2.12. The van der Waals surface area contributed by atoms with Gasteiger partial charge in [0.15, 0.2) is 0 Å². The summed E-state index contributed by atoms with van der Waals surface area (Å²) in [4.78, 5) is 0. The number of hydrogen-bond donors (Lipinski definition) is 2. The molecule has 0 saturated carbocycles.